The molecule has 3 rings (SSSR count). The molecular weight excluding hydrogens is 361 g/mol. The molecule has 1 atom stereocenters. The van der Waals surface area contributed by atoms with Crippen molar-refractivity contribution in [2.75, 3.05) is 0 Å². The molecule has 0 spiro atoms. The van der Waals surface area contributed by atoms with E-state index >= 15 is 0 Å². The zero-order valence-corrected chi connectivity index (χ0v) is 14.9. The molecule has 1 unspecified atom stereocenters. The Kier molecular flexibility index (Phi) is 5.36. The zero-order valence-electron chi connectivity index (χ0n) is 13.4. The van der Waals surface area contributed by atoms with Crippen LogP contribution in [0.15, 0.2) is 55.2 Å². The molecule has 0 radical (unpaired) electrons. The summed E-state index contributed by atoms with van der Waals surface area (Å²) in [6.07, 6.45) is 6.89. The van der Waals surface area contributed by atoms with Crippen LogP contribution in [0.1, 0.15) is 23.0 Å². The second kappa shape index (κ2) is 7.68. The molecule has 0 fully saturated rings. The van der Waals surface area contributed by atoms with Crippen molar-refractivity contribution in [1.29, 1.82) is 0 Å². The third-order valence-corrected chi connectivity index (χ3v) is 4.29. The molecule has 0 aliphatic heterocycles. The maximum absolute atomic E-state index is 12.3. The number of hydrogen-bond acceptors (Lipinski definition) is 4. The summed E-state index contributed by atoms with van der Waals surface area (Å²) in [6.45, 7) is 1.83. The Morgan fingerprint density at radius 2 is 2.12 bits per heavy atom. The topological polar surface area (TPSA) is 57.0 Å². The van der Waals surface area contributed by atoms with E-state index in [4.69, 9.17) is 27.9 Å². The number of benzene rings is 1. The molecular formula is C18H15Cl2N3O2. The first-order valence-electron chi connectivity index (χ1n) is 7.62. The lowest BCUT2D eigenvalue weighted by atomic mass is 10.1. The highest BCUT2D eigenvalue weighted by Crippen LogP contribution is 2.24. The van der Waals surface area contributed by atoms with Gasteiger partial charge in [-0.1, -0.05) is 29.3 Å². The van der Waals surface area contributed by atoms with Crippen LogP contribution in [0, 0.1) is 0 Å². The van der Waals surface area contributed by atoms with E-state index < -0.39 is 5.97 Å². The molecule has 7 heteroatoms. The number of aromatic nitrogens is 3. The van der Waals surface area contributed by atoms with Crippen molar-refractivity contribution >= 4 is 29.2 Å². The Labute approximate surface area is 155 Å². The van der Waals surface area contributed by atoms with Gasteiger partial charge in [0.1, 0.15) is 12.4 Å². The second-order valence-electron chi connectivity index (χ2n) is 5.55. The normalized spacial score (nSPS) is 12.0. The van der Waals surface area contributed by atoms with E-state index in [0.29, 0.717) is 16.5 Å². The van der Waals surface area contributed by atoms with E-state index in [1.807, 2.05) is 19.1 Å². The van der Waals surface area contributed by atoms with Gasteiger partial charge in [0.2, 0.25) is 0 Å². The van der Waals surface area contributed by atoms with Gasteiger partial charge >= 0.3 is 5.97 Å². The van der Waals surface area contributed by atoms with E-state index in [-0.39, 0.29) is 11.8 Å². The monoisotopic (exact) mass is 375 g/mol. The van der Waals surface area contributed by atoms with Crippen molar-refractivity contribution in [2.45, 2.75) is 19.4 Å². The highest BCUT2D eigenvalue weighted by atomic mass is 35.5. The van der Waals surface area contributed by atoms with Gasteiger partial charge in [0, 0.05) is 30.7 Å². The first-order chi connectivity index (χ1) is 12.0. The minimum absolute atomic E-state index is 0.226. The smallest absolute Gasteiger partial charge is 0.358 e. The van der Waals surface area contributed by atoms with Crippen LogP contribution in [0.5, 0.6) is 0 Å². The van der Waals surface area contributed by atoms with Crippen LogP contribution in [0.2, 0.25) is 10.0 Å². The molecule has 25 heavy (non-hydrogen) atoms. The van der Waals surface area contributed by atoms with Gasteiger partial charge in [-0.05, 0) is 36.8 Å². The summed E-state index contributed by atoms with van der Waals surface area (Å²) in [4.78, 5) is 20.4. The number of halogens is 2. The summed E-state index contributed by atoms with van der Waals surface area (Å²) in [5.74, 6) is -0.477. The van der Waals surface area contributed by atoms with Crippen LogP contribution in [0.4, 0.5) is 0 Å². The highest BCUT2D eigenvalue weighted by molar-refractivity contribution is 6.42. The predicted molar refractivity (Wildman–Crippen MR) is 96.4 cm³/mol. The van der Waals surface area contributed by atoms with Gasteiger partial charge in [-0.25, -0.2) is 9.78 Å². The van der Waals surface area contributed by atoms with Crippen molar-refractivity contribution < 1.29 is 9.53 Å². The van der Waals surface area contributed by atoms with Crippen molar-refractivity contribution in [3.63, 3.8) is 0 Å². The fourth-order valence-corrected chi connectivity index (χ4v) is 2.64. The zero-order chi connectivity index (χ0) is 17.8. The first kappa shape index (κ1) is 17.5. The summed E-state index contributed by atoms with van der Waals surface area (Å²) in [5.41, 5.74) is 1.98. The summed E-state index contributed by atoms with van der Waals surface area (Å²) in [5, 5.41) is 0.900. The number of carbonyl (C=O) groups excluding carboxylic acids is 1. The predicted octanol–water partition coefficient (Wildman–Crippen LogP) is 4.36. The average molecular weight is 376 g/mol. The molecule has 1 aromatic carbocycles. The van der Waals surface area contributed by atoms with Crippen molar-refractivity contribution in [1.82, 2.24) is 14.5 Å². The van der Waals surface area contributed by atoms with Gasteiger partial charge in [0.05, 0.1) is 10.0 Å². The van der Waals surface area contributed by atoms with Crippen molar-refractivity contribution in [3.8, 4) is 5.69 Å². The summed E-state index contributed by atoms with van der Waals surface area (Å²) < 4.78 is 7.13. The van der Waals surface area contributed by atoms with Crippen LogP contribution in [0.25, 0.3) is 5.69 Å². The lowest BCUT2D eigenvalue weighted by molar-refractivity contribution is 0.0336. The Balaban J connectivity index is 1.67. The van der Waals surface area contributed by atoms with E-state index in [9.17, 15) is 4.79 Å². The highest BCUT2D eigenvalue weighted by Gasteiger charge is 2.16. The molecule has 0 aliphatic carbocycles. The van der Waals surface area contributed by atoms with Crippen LogP contribution < -0.4 is 0 Å². The summed E-state index contributed by atoms with van der Waals surface area (Å²) >= 11 is 11.9. The van der Waals surface area contributed by atoms with Gasteiger partial charge in [0.25, 0.3) is 0 Å². The molecule has 0 aliphatic rings. The number of carbonyl (C=O) groups is 1. The fraction of sp³-hybridized carbons (Fsp3) is 0.167. The second-order valence-corrected chi connectivity index (χ2v) is 6.36. The Hall–Kier alpha value is -2.37. The van der Waals surface area contributed by atoms with E-state index in [1.165, 1.54) is 6.33 Å². The van der Waals surface area contributed by atoms with Gasteiger partial charge in [-0.15, -0.1) is 0 Å². The Morgan fingerprint density at radius 1 is 1.28 bits per heavy atom. The number of hydrogen-bond donors (Lipinski definition) is 0. The molecule has 128 valence electrons. The number of imidazole rings is 1. The Morgan fingerprint density at radius 3 is 2.84 bits per heavy atom. The van der Waals surface area contributed by atoms with Crippen LogP contribution in [0.3, 0.4) is 0 Å². The first-order valence-corrected chi connectivity index (χ1v) is 8.38. The van der Waals surface area contributed by atoms with Crippen LogP contribution >= 0.6 is 23.2 Å². The molecule has 5 nitrogen and oxygen atoms in total. The van der Waals surface area contributed by atoms with E-state index in [1.54, 1.807) is 41.4 Å². The lowest BCUT2D eigenvalue weighted by Crippen LogP contribution is -2.17. The third kappa shape index (κ3) is 4.38. The minimum Gasteiger partial charge on any atom is -0.458 e. The van der Waals surface area contributed by atoms with Gasteiger partial charge in [-0.3, -0.25) is 4.98 Å². The molecule has 0 saturated carbocycles. The maximum atomic E-state index is 12.3. The summed E-state index contributed by atoms with van der Waals surface area (Å²) in [7, 11) is 0. The maximum Gasteiger partial charge on any atom is 0.358 e. The number of rotatable bonds is 5. The van der Waals surface area contributed by atoms with Crippen LogP contribution in [-0.2, 0) is 11.2 Å². The molecule has 3 aromatic rings. The van der Waals surface area contributed by atoms with Crippen LogP contribution in [-0.4, -0.2) is 26.6 Å². The molecule has 0 bridgehead atoms. The molecule has 0 amide bonds. The standard InChI is InChI=1S/C18H15Cl2N3O2/c1-12(7-13-3-2-6-21-9-13)25-18(24)17-10-23(11-22-17)14-4-5-15(19)16(20)8-14/h2-6,8-12H,7H2,1H3. The third-order valence-electron chi connectivity index (χ3n) is 3.55. The van der Waals surface area contributed by atoms with E-state index in [0.717, 1.165) is 11.3 Å². The van der Waals surface area contributed by atoms with E-state index in [2.05, 4.69) is 9.97 Å². The quantitative estimate of drug-likeness (QED) is 0.621. The number of esters is 1. The number of nitrogens with zero attached hydrogens (tertiary/aromatic N) is 3. The van der Waals surface area contributed by atoms with Gasteiger partial charge in [0.15, 0.2) is 5.69 Å². The largest absolute Gasteiger partial charge is 0.458 e. The molecule has 0 N–H and O–H groups in total. The van der Waals surface area contributed by atoms with Crippen molar-refractivity contribution in [2.24, 2.45) is 0 Å². The number of pyridine rings is 1. The summed E-state index contributed by atoms with van der Waals surface area (Å²) in [6, 6.07) is 8.97. The molecule has 2 aromatic heterocycles. The van der Waals surface area contributed by atoms with Crippen molar-refractivity contribution in [3.05, 3.63) is 76.6 Å². The number of ether oxygens (including phenoxy) is 1. The fourth-order valence-electron chi connectivity index (χ4n) is 2.35. The SMILES string of the molecule is CC(Cc1cccnc1)OC(=O)c1cn(-c2ccc(Cl)c(Cl)c2)cn1. The Bertz CT molecular complexity index is 881. The van der Waals surface area contributed by atoms with Gasteiger partial charge in [-0.2, -0.15) is 0 Å². The lowest BCUT2D eigenvalue weighted by Gasteiger charge is -2.12. The minimum atomic E-state index is -0.477. The average Bonchev–Trinajstić information content (AvgIpc) is 3.08. The van der Waals surface area contributed by atoms with Gasteiger partial charge < -0.3 is 9.30 Å². The molecule has 2 heterocycles. The molecule has 0 saturated heterocycles.